The molecule has 0 aliphatic carbocycles. The van der Waals surface area contributed by atoms with E-state index in [9.17, 15) is 18.0 Å². The average molecular weight is 631 g/mol. The number of hydrogen-bond donors (Lipinski definition) is 0. The van der Waals surface area contributed by atoms with Crippen LogP contribution in [0.15, 0.2) is 81.9 Å². The van der Waals surface area contributed by atoms with Crippen LogP contribution in [0.4, 0.5) is 18.9 Å². The van der Waals surface area contributed by atoms with Gasteiger partial charge in [0.15, 0.2) is 10.9 Å². The lowest BCUT2D eigenvalue weighted by molar-refractivity contribution is -0.137. The Balaban J connectivity index is 1.11. The zero-order valence-electron chi connectivity index (χ0n) is 21.8. The molecule has 6 rings (SSSR count). The number of rotatable bonds is 7. The van der Waals surface area contributed by atoms with Crippen LogP contribution in [0.3, 0.4) is 0 Å². The molecule has 0 radical (unpaired) electrons. The fourth-order valence-electron chi connectivity index (χ4n) is 4.59. The molecule has 216 valence electrons. The van der Waals surface area contributed by atoms with Crippen molar-refractivity contribution in [3.8, 4) is 17.3 Å². The lowest BCUT2D eigenvalue weighted by Gasteiger charge is -2.36. The Kier molecular flexibility index (Phi) is 7.97. The monoisotopic (exact) mass is 630 g/mol. The van der Waals surface area contributed by atoms with Crippen LogP contribution in [-0.4, -0.2) is 56.7 Å². The highest BCUT2D eigenvalue weighted by atomic mass is 35.5. The van der Waals surface area contributed by atoms with Gasteiger partial charge in [-0.25, -0.2) is 4.98 Å². The maximum Gasteiger partial charge on any atom is 0.416 e. The van der Waals surface area contributed by atoms with Gasteiger partial charge < -0.3 is 14.2 Å². The van der Waals surface area contributed by atoms with Crippen molar-refractivity contribution in [1.29, 1.82) is 0 Å². The van der Waals surface area contributed by atoms with E-state index in [4.69, 9.17) is 16.0 Å². The summed E-state index contributed by atoms with van der Waals surface area (Å²) in [6, 6.07) is 16.2. The number of benzene rings is 2. The minimum absolute atomic E-state index is 0.201. The number of thioether (sulfide) groups is 1. The van der Waals surface area contributed by atoms with E-state index in [-0.39, 0.29) is 5.91 Å². The number of hydrogen-bond acceptors (Lipinski definition) is 8. The number of carbonyl (C=O) groups is 1. The molecule has 0 N–H and O–H groups in total. The van der Waals surface area contributed by atoms with E-state index in [0.29, 0.717) is 65.1 Å². The van der Waals surface area contributed by atoms with E-state index in [1.807, 2.05) is 27.7 Å². The third kappa shape index (κ3) is 6.03. The molecule has 5 aromatic rings. The van der Waals surface area contributed by atoms with Gasteiger partial charge >= 0.3 is 6.18 Å². The topological polar surface area (TPSA) is 80.3 Å². The number of halogens is 4. The number of furan rings is 1. The van der Waals surface area contributed by atoms with Crippen molar-refractivity contribution in [2.75, 3.05) is 31.1 Å². The maximum absolute atomic E-state index is 13.2. The molecule has 42 heavy (non-hydrogen) atoms. The van der Waals surface area contributed by atoms with Gasteiger partial charge in [0.05, 0.1) is 23.3 Å². The number of carbonyl (C=O) groups excluding carboxylic acids is 1. The third-order valence-corrected chi connectivity index (χ3v) is 8.85. The summed E-state index contributed by atoms with van der Waals surface area (Å²) in [6.07, 6.45) is -2.83. The fourth-order valence-corrected chi connectivity index (χ4v) is 6.51. The molecule has 1 fully saturated rings. The number of aromatic nitrogens is 4. The van der Waals surface area contributed by atoms with Crippen molar-refractivity contribution in [2.24, 2.45) is 0 Å². The molecule has 0 atom stereocenters. The van der Waals surface area contributed by atoms with Gasteiger partial charge in [-0.15, -0.1) is 21.5 Å². The predicted octanol–water partition coefficient (Wildman–Crippen LogP) is 6.91. The molecule has 1 aliphatic heterocycles. The Morgan fingerprint density at radius 2 is 1.79 bits per heavy atom. The minimum Gasteiger partial charge on any atom is -0.461 e. The summed E-state index contributed by atoms with van der Waals surface area (Å²) in [5.74, 6) is 1.35. The highest BCUT2D eigenvalue weighted by Gasteiger charge is 2.31. The SMILES string of the molecule is O=C(c1csc(CSc2nnc(-c3ccco3)n2-c2cccc(Cl)c2)n1)N1CCN(c2cccc(C(F)(F)F)c2)CC1. The molecular formula is C28H22ClF3N6O2S2. The van der Waals surface area contributed by atoms with Crippen LogP contribution in [0.5, 0.6) is 0 Å². The van der Waals surface area contributed by atoms with E-state index in [0.717, 1.165) is 22.8 Å². The molecule has 0 spiro atoms. The van der Waals surface area contributed by atoms with Gasteiger partial charge in [-0.05, 0) is 48.5 Å². The fraction of sp³-hybridized carbons (Fsp3) is 0.214. The Bertz CT molecular complexity index is 1700. The van der Waals surface area contributed by atoms with E-state index < -0.39 is 11.7 Å². The van der Waals surface area contributed by atoms with Crippen molar-refractivity contribution < 1.29 is 22.4 Å². The average Bonchev–Trinajstić information content (AvgIpc) is 3.76. The Labute approximate surface area is 251 Å². The first-order valence-corrected chi connectivity index (χ1v) is 15.0. The highest BCUT2D eigenvalue weighted by Crippen LogP contribution is 2.33. The van der Waals surface area contributed by atoms with Crippen LogP contribution in [-0.2, 0) is 11.9 Å². The lowest BCUT2D eigenvalue weighted by atomic mass is 10.1. The maximum atomic E-state index is 13.2. The van der Waals surface area contributed by atoms with Crippen molar-refractivity contribution in [2.45, 2.75) is 17.1 Å². The Morgan fingerprint density at radius 1 is 1.00 bits per heavy atom. The number of anilines is 1. The minimum atomic E-state index is -4.40. The number of nitrogens with zero attached hydrogens (tertiary/aromatic N) is 6. The van der Waals surface area contributed by atoms with Crippen LogP contribution in [0.1, 0.15) is 21.1 Å². The number of amides is 1. The van der Waals surface area contributed by atoms with Gasteiger partial charge in [-0.2, -0.15) is 13.2 Å². The predicted molar refractivity (Wildman–Crippen MR) is 155 cm³/mol. The van der Waals surface area contributed by atoms with Crippen LogP contribution >= 0.6 is 34.7 Å². The second kappa shape index (κ2) is 11.8. The summed E-state index contributed by atoms with van der Waals surface area (Å²) in [6.45, 7) is 1.62. The first kappa shape index (κ1) is 28.3. The molecule has 1 aliphatic rings. The highest BCUT2D eigenvalue weighted by molar-refractivity contribution is 7.98. The lowest BCUT2D eigenvalue weighted by Crippen LogP contribution is -2.49. The second-order valence-corrected chi connectivity index (χ2v) is 11.7. The van der Waals surface area contributed by atoms with Gasteiger partial charge in [0.2, 0.25) is 5.82 Å². The summed E-state index contributed by atoms with van der Waals surface area (Å²) in [7, 11) is 0. The smallest absolute Gasteiger partial charge is 0.416 e. The molecule has 3 aromatic heterocycles. The first-order chi connectivity index (χ1) is 20.3. The molecule has 14 heteroatoms. The van der Waals surface area contributed by atoms with Gasteiger partial charge in [-0.3, -0.25) is 9.36 Å². The van der Waals surface area contributed by atoms with E-state index in [1.165, 1.54) is 29.2 Å². The molecular weight excluding hydrogens is 609 g/mol. The molecule has 1 amide bonds. The first-order valence-electron chi connectivity index (χ1n) is 12.8. The summed E-state index contributed by atoms with van der Waals surface area (Å²) >= 11 is 9.05. The van der Waals surface area contributed by atoms with E-state index in [1.54, 1.807) is 40.8 Å². The second-order valence-electron chi connectivity index (χ2n) is 9.34. The Hall–Kier alpha value is -3.81. The number of piperazine rings is 1. The normalized spacial score (nSPS) is 14.0. The Morgan fingerprint density at radius 3 is 2.52 bits per heavy atom. The van der Waals surface area contributed by atoms with E-state index >= 15 is 0 Å². The quantitative estimate of drug-likeness (QED) is 0.181. The van der Waals surface area contributed by atoms with Crippen molar-refractivity contribution in [3.05, 3.63) is 93.6 Å². The molecule has 1 saturated heterocycles. The summed E-state index contributed by atoms with van der Waals surface area (Å²) < 4.78 is 46.8. The van der Waals surface area contributed by atoms with Crippen LogP contribution in [0.2, 0.25) is 5.02 Å². The molecule has 0 bridgehead atoms. The van der Waals surface area contributed by atoms with Crippen LogP contribution < -0.4 is 4.90 Å². The van der Waals surface area contributed by atoms with Crippen molar-refractivity contribution >= 4 is 46.3 Å². The molecule has 0 unspecified atom stereocenters. The third-order valence-electron chi connectivity index (χ3n) is 6.64. The molecule has 2 aromatic carbocycles. The standard InChI is InChI=1S/C28H22ClF3N6O2S2/c29-19-5-2-7-21(15-19)38-25(23-8-3-13-40-23)34-35-27(38)42-17-24-33-22(16-41-24)26(39)37-11-9-36(10-12-37)20-6-1-4-18(14-20)28(30,31)32/h1-8,13-16H,9-12,17H2. The number of thiazole rings is 1. The van der Waals surface area contributed by atoms with E-state index in [2.05, 4.69) is 15.2 Å². The molecule has 8 nitrogen and oxygen atoms in total. The molecule has 4 heterocycles. The summed E-state index contributed by atoms with van der Waals surface area (Å²) in [5.41, 5.74) is 0.927. The summed E-state index contributed by atoms with van der Waals surface area (Å²) in [4.78, 5) is 21.3. The zero-order valence-corrected chi connectivity index (χ0v) is 24.2. The van der Waals surface area contributed by atoms with Crippen molar-refractivity contribution in [1.82, 2.24) is 24.6 Å². The van der Waals surface area contributed by atoms with Gasteiger partial charge in [0.1, 0.15) is 10.7 Å². The molecule has 0 saturated carbocycles. The largest absolute Gasteiger partial charge is 0.461 e. The van der Waals surface area contributed by atoms with Gasteiger partial charge in [-0.1, -0.05) is 35.5 Å². The van der Waals surface area contributed by atoms with Gasteiger partial charge in [0, 0.05) is 42.3 Å². The van der Waals surface area contributed by atoms with Crippen LogP contribution in [0, 0.1) is 0 Å². The van der Waals surface area contributed by atoms with Crippen molar-refractivity contribution in [3.63, 3.8) is 0 Å². The summed E-state index contributed by atoms with van der Waals surface area (Å²) in [5, 5.41) is 12.4. The van der Waals surface area contributed by atoms with Gasteiger partial charge in [0.25, 0.3) is 5.91 Å². The van der Waals surface area contributed by atoms with Crippen LogP contribution in [0.25, 0.3) is 17.3 Å². The zero-order chi connectivity index (χ0) is 29.3. The number of alkyl halides is 3.